The van der Waals surface area contributed by atoms with Crippen molar-refractivity contribution in [3.8, 4) is 0 Å². The Labute approximate surface area is 210 Å². The number of hydrogen-bond donors (Lipinski definition) is 1. The predicted octanol–water partition coefficient (Wildman–Crippen LogP) is 4.20. The number of piperidine rings is 1. The highest BCUT2D eigenvalue weighted by Gasteiger charge is 2.27. The summed E-state index contributed by atoms with van der Waals surface area (Å²) in [6, 6.07) is 11.8. The summed E-state index contributed by atoms with van der Waals surface area (Å²) in [5, 5.41) is 2.99. The van der Waals surface area contributed by atoms with Gasteiger partial charge >= 0.3 is 0 Å². The van der Waals surface area contributed by atoms with Crippen LogP contribution in [0, 0.1) is 0 Å². The van der Waals surface area contributed by atoms with Crippen LogP contribution in [0.25, 0.3) is 5.65 Å². The SMILES string of the molecule is CC(C)c1ncncc1C(=O)N1CCC(c2ccc(C(=O)NCc3ccn4ccnc4c3)cc2)CC1. The second kappa shape index (κ2) is 10.3. The van der Waals surface area contributed by atoms with E-state index >= 15 is 0 Å². The van der Waals surface area contributed by atoms with E-state index in [0.29, 0.717) is 36.7 Å². The van der Waals surface area contributed by atoms with E-state index in [1.54, 1.807) is 12.4 Å². The number of rotatable bonds is 6. The van der Waals surface area contributed by atoms with Crippen LogP contribution in [0.4, 0.5) is 0 Å². The van der Waals surface area contributed by atoms with Gasteiger partial charge in [-0.2, -0.15) is 0 Å². The Morgan fingerprint density at radius 1 is 1.06 bits per heavy atom. The summed E-state index contributed by atoms with van der Waals surface area (Å²) in [6.07, 6.45) is 10.5. The van der Waals surface area contributed by atoms with Gasteiger partial charge < -0.3 is 14.6 Å². The standard InChI is InChI=1S/C28H30N6O2/c1-19(2)26-24(17-29-18-32-26)28(36)34-12-8-22(9-13-34)21-3-5-23(6-4-21)27(35)31-16-20-7-11-33-14-10-30-25(33)15-20/h3-7,10-11,14-15,17-19,22H,8-9,12-13,16H2,1-2H3,(H,31,35). The minimum atomic E-state index is -0.101. The Balaban J connectivity index is 1.16. The molecule has 0 radical (unpaired) electrons. The molecule has 36 heavy (non-hydrogen) atoms. The van der Waals surface area contributed by atoms with Gasteiger partial charge in [0, 0.05) is 50.0 Å². The Morgan fingerprint density at radius 3 is 2.58 bits per heavy atom. The van der Waals surface area contributed by atoms with Crippen LogP contribution >= 0.6 is 0 Å². The summed E-state index contributed by atoms with van der Waals surface area (Å²) < 4.78 is 1.93. The molecule has 8 heteroatoms. The van der Waals surface area contributed by atoms with Gasteiger partial charge in [0.1, 0.15) is 12.0 Å². The Kier molecular flexibility index (Phi) is 6.75. The third-order valence-corrected chi connectivity index (χ3v) is 6.86. The van der Waals surface area contributed by atoms with Crippen molar-refractivity contribution in [1.82, 2.24) is 29.6 Å². The molecule has 1 aliphatic heterocycles. The maximum absolute atomic E-state index is 13.1. The third kappa shape index (κ3) is 4.98. The van der Waals surface area contributed by atoms with E-state index in [1.807, 2.05) is 71.9 Å². The molecular formula is C28H30N6O2. The molecule has 0 spiro atoms. The summed E-state index contributed by atoms with van der Waals surface area (Å²) in [4.78, 5) is 40.3. The molecule has 184 valence electrons. The minimum absolute atomic E-state index is 0.0108. The molecule has 0 aliphatic carbocycles. The van der Waals surface area contributed by atoms with Gasteiger partial charge in [-0.05, 0) is 60.1 Å². The number of imidazole rings is 1. The van der Waals surface area contributed by atoms with E-state index in [2.05, 4.69) is 20.3 Å². The van der Waals surface area contributed by atoms with Crippen molar-refractivity contribution >= 4 is 17.5 Å². The molecular weight excluding hydrogens is 452 g/mol. The maximum atomic E-state index is 13.1. The second-order valence-corrected chi connectivity index (χ2v) is 9.58. The maximum Gasteiger partial charge on any atom is 0.257 e. The zero-order valence-electron chi connectivity index (χ0n) is 20.6. The van der Waals surface area contributed by atoms with E-state index in [0.717, 1.165) is 29.7 Å². The lowest BCUT2D eigenvalue weighted by Crippen LogP contribution is -2.38. The van der Waals surface area contributed by atoms with Crippen LogP contribution in [-0.2, 0) is 6.54 Å². The van der Waals surface area contributed by atoms with Gasteiger partial charge in [-0.15, -0.1) is 0 Å². The minimum Gasteiger partial charge on any atom is -0.348 e. The van der Waals surface area contributed by atoms with Gasteiger partial charge in [-0.1, -0.05) is 26.0 Å². The third-order valence-electron chi connectivity index (χ3n) is 6.86. The first-order valence-electron chi connectivity index (χ1n) is 12.4. The van der Waals surface area contributed by atoms with Gasteiger partial charge in [0.15, 0.2) is 0 Å². The molecule has 4 heterocycles. The van der Waals surface area contributed by atoms with Crippen molar-refractivity contribution in [3.05, 3.63) is 95.5 Å². The number of pyridine rings is 1. The van der Waals surface area contributed by atoms with Crippen molar-refractivity contribution in [2.45, 2.75) is 45.1 Å². The molecule has 4 aromatic rings. The molecule has 0 unspecified atom stereocenters. The average molecular weight is 483 g/mol. The van der Waals surface area contributed by atoms with Gasteiger partial charge in [0.25, 0.3) is 11.8 Å². The zero-order chi connectivity index (χ0) is 25.1. The lowest BCUT2D eigenvalue weighted by molar-refractivity contribution is 0.0710. The molecule has 2 amide bonds. The van der Waals surface area contributed by atoms with Gasteiger partial charge in [0.2, 0.25) is 0 Å². The first-order valence-corrected chi connectivity index (χ1v) is 12.4. The summed E-state index contributed by atoms with van der Waals surface area (Å²) in [5.41, 5.74) is 5.10. The van der Waals surface area contributed by atoms with Crippen LogP contribution in [0.5, 0.6) is 0 Å². The summed E-state index contributed by atoms with van der Waals surface area (Å²) >= 11 is 0. The van der Waals surface area contributed by atoms with Crippen LogP contribution in [0.1, 0.15) is 76.1 Å². The number of fused-ring (bicyclic) bond motifs is 1. The highest BCUT2D eigenvalue weighted by atomic mass is 16.2. The fourth-order valence-corrected chi connectivity index (χ4v) is 4.80. The first-order chi connectivity index (χ1) is 17.5. The van der Waals surface area contributed by atoms with Crippen LogP contribution in [0.2, 0.25) is 0 Å². The van der Waals surface area contributed by atoms with Crippen LogP contribution in [-0.4, -0.2) is 49.2 Å². The second-order valence-electron chi connectivity index (χ2n) is 9.58. The Hall–Kier alpha value is -4.07. The van der Waals surface area contributed by atoms with Crippen LogP contribution in [0.15, 0.2) is 67.5 Å². The summed E-state index contributed by atoms with van der Waals surface area (Å²) in [5.74, 6) is 0.442. The normalized spacial score (nSPS) is 14.4. The van der Waals surface area contributed by atoms with Crippen molar-refractivity contribution in [2.75, 3.05) is 13.1 Å². The molecule has 3 aromatic heterocycles. The molecule has 1 fully saturated rings. The fraction of sp³-hybridized carbons (Fsp3) is 0.321. The number of hydrogen-bond acceptors (Lipinski definition) is 5. The molecule has 5 rings (SSSR count). The lowest BCUT2D eigenvalue weighted by atomic mass is 9.88. The van der Waals surface area contributed by atoms with Crippen molar-refractivity contribution in [1.29, 1.82) is 0 Å². The number of nitrogens with zero attached hydrogens (tertiary/aromatic N) is 5. The molecule has 1 aliphatic rings. The van der Waals surface area contributed by atoms with Crippen LogP contribution in [0.3, 0.4) is 0 Å². The van der Waals surface area contributed by atoms with Crippen molar-refractivity contribution in [2.24, 2.45) is 0 Å². The zero-order valence-corrected chi connectivity index (χ0v) is 20.6. The van der Waals surface area contributed by atoms with E-state index < -0.39 is 0 Å². The topological polar surface area (TPSA) is 92.5 Å². The monoisotopic (exact) mass is 482 g/mol. The Morgan fingerprint density at radius 2 is 1.83 bits per heavy atom. The van der Waals surface area contributed by atoms with E-state index in [1.165, 1.54) is 11.9 Å². The van der Waals surface area contributed by atoms with Crippen molar-refractivity contribution < 1.29 is 9.59 Å². The number of nitrogens with one attached hydrogen (secondary N) is 1. The number of aromatic nitrogens is 4. The fourth-order valence-electron chi connectivity index (χ4n) is 4.80. The molecule has 0 bridgehead atoms. The smallest absolute Gasteiger partial charge is 0.257 e. The quantitative estimate of drug-likeness (QED) is 0.445. The largest absolute Gasteiger partial charge is 0.348 e. The number of likely N-dealkylation sites (tertiary alicyclic amines) is 1. The number of carbonyl (C=O) groups is 2. The van der Waals surface area contributed by atoms with E-state index in [9.17, 15) is 9.59 Å². The molecule has 8 nitrogen and oxygen atoms in total. The van der Waals surface area contributed by atoms with E-state index in [-0.39, 0.29) is 17.7 Å². The highest BCUT2D eigenvalue weighted by molar-refractivity contribution is 5.95. The van der Waals surface area contributed by atoms with E-state index in [4.69, 9.17) is 0 Å². The van der Waals surface area contributed by atoms with Gasteiger partial charge in [-0.3, -0.25) is 9.59 Å². The lowest BCUT2D eigenvalue weighted by Gasteiger charge is -2.32. The molecule has 0 atom stereocenters. The molecule has 1 saturated heterocycles. The summed E-state index contributed by atoms with van der Waals surface area (Å²) in [7, 11) is 0. The predicted molar refractivity (Wildman–Crippen MR) is 137 cm³/mol. The summed E-state index contributed by atoms with van der Waals surface area (Å²) in [6.45, 7) is 5.91. The average Bonchev–Trinajstić information content (AvgIpc) is 3.39. The Bertz CT molecular complexity index is 1370. The number of benzene rings is 1. The van der Waals surface area contributed by atoms with Crippen molar-refractivity contribution in [3.63, 3.8) is 0 Å². The molecule has 1 N–H and O–H groups in total. The van der Waals surface area contributed by atoms with Gasteiger partial charge in [0.05, 0.1) is 11.3 Å². The molecule has 1 aromatic carbocycles. The highest BCUT2D eigenvalue weighted by Crippen LogP contribution is 2.29. The number of amides is 2. The number of carbonyl (C=O) groups excluding carboxylic acids is 2. The first kappa shape index (κ1) is 23.7. The molecule has 0 saturated carbocycles. The van der Waals surface area contributed by atoms with Crippen LogP contribution < -0.4 is 5.32 Å². The van der Waals surface area contributed by atoms with Gasteiger partial charge in [-0.25, -0.2) is 15.0 Å².